The molecule has 1 unspecified atom stereocenters. The zero-order chi connectivity index (χ0) is 16.9. The Labute approximate surface area is 130 Å². The second kappa shape index (κ2) is 7.33. The van der Waals surface area contributed by atoms with E-state index in [-0.39, 0.29) is 30.2 Å². The molecule has 1 rings (SSSR count). The van der Waals surface area contributed by atoms with Crippen LogP contribution in [0.25, 0.3) is 0 Å². The highest BCUT2D eigenvalue weighted by molar-refractivity contribution is 5.88. The van der Waals surface area contributed by atoms with Crippen LogP contribution in [0.1, 0.15) is 26.3 Å². The topological polar surface area (TPSA) is 114 Å². The molecule has 22 heavy (non-hydrogen) atoms. The van der Waals surface area contributed by atoms with Crippen molar-refractivity contribution < 1.29 is 24.5 Å². The lowest BCUT2D eigenvalue weighted by Gasteiger charge is -2.20. The number of nitrogens with two attached hydrogens (primary N) is 1. The predicted molar refractivity (Wildman–Crippen MR) is 83.3 cm³/mol. The molecule has 1 aromatic carbocycles. The summed E-state index contributed by atoms with van der Waals surface area (Å²) in [5.41, 5.74) is 5.54. The van der Waals surface area contributed by atoms with Crippen molar-refractivity contribution in [1.29, 1.82) is 0 Å². The van der Waals surface area contributed by atoms with Gasteiger partial charge in [-0.15, -0.1) is 0 Å². The number of nitrogens with one attached hydrogen (secondary N) is 1. The molecule has 1 atom stereocenters. The van der Waals surface area contributed by atoms with Crippen molar-refractivity contribution in [3.05, 3.63) is 17.7 Å². The van der Waals surface area contributed by atoms with Crippen molar-refractivity contribution >= 4 is 11.8 Å². The van der Waals surface area contributed by atoms with Gasteiger partial charge in [-0.05, 0) is 44.9 Å². The molecule has 7 heteroatoms. The monoisotopic (exact) mass is 312 g/mol. The number of methoxy groups -OCH3 is 1. The van der Waals surface area contributed by atoms with Crippen LogP contribution in [-0.2, 0) is 11.2 Å². The first-order valence-corrected chi connectivity index (χ1v) is 6.94. The van der Waals surface area contributed by atoms with Crippen LogP contribution in [0.2, 0.25) is 0 Å². The Kier molecular flexibility index (Phi) is 6.01. The minimum atomic E-state index is -0.719. The highest BCUT2D eigenvalue weighted by atomic mass is 16.6. The zero-order valence-corrected chi connectivity index (χ0v) is 13.3. The third-order valence-electron chi connectivity index (χ3n) is 2.73. The number of carbonyl (C=O) groups is 1. The third-order valence-corrected chi connectivity index (χ3v) is 2.73. The molecule has 1 aromatic rings. The van der Waals surface area contributed by atoms with Crippen LogP contribution in [0.4, 0.5) is 10.5 Å². The summed E-state index contributed by atoms with van der Waals surface area (Å²) in [6.07, 6.45) is -1.14. The maximum atomic E-state index is 11.8. The number of aliphatic hydroxyl groups is 1. The first-order chi connectivity index (χ1) is 10.2. The molecule has 0 aliphatic heterocycles. The molecular weight excluding hydrogens is 288 g/mol. The summed E-state index contributed by atoms with van der Waals surface area (Å²) in [6.45, 7) is 5.32. The van der Waals surface area contributed by atoms with Crippen molar-refractivity contribution in [3.8, 4) is 11.5 Å². The normalized spacial score (nSPS) is 12.6. The van der Waals surface area contributed by atoms with Crippen molar-refractivity contribution in [2.75, 3.05) is 19.0 Å². The molecular formula is C15H24N2O5. The number of hydrogen-bond acceptors (Lipinski definition) is 6. The van der Waals surface area contributed by atoms with Gasteiger partial charge in [-0.3, -0.25) is 5.32 Å². The lowest BCUT2D eigenvalue weighted by Crippen LogP contribution is -2.27. The summed E-state index contributed by atoms with van der Waals surface area (Å²) in [5.74, 6) is -0.0212. The molecule has 0 saturated heterocycles. The van der Waals surface area contributed by atoms with E-state index >= 15 is 0 Å². The second-order valence-corrected chi connectivity index (χ2v) is 5.91. The molecule has 7 nitrogen and oxygen atoms in total. The summed E-state index contributed by atoms with van der Waals surface area (Å²) in [5, 5.41) is 22.2. The largest absolute Gasteiger partial charge is 0.503 e. The minimum absolute atomic E-state index is 0.109. The number of aromatic hydroxyl groups is 1. The maximum Gasteiger partial charge on any atom is 0.412 e. The van der Waals surface area contributed by atoms with Gasteiger partial charge in [0.2, 0.25) is 0 Å². The van der Waals surface area contributed by atoms with Crippen LogP contribution in [0.15, 0.2) is 12.1 Å². The smallest absolute Gasteiger partial charge is 0.412 e. The summed E-state index contributed by atoms with van der Waals surface area (Å²) in [4.78, 5) is 11.8. The first-order valence-electron chi connectivity index (χ1n) is 6.94. The fraction of sp³-hybridized carbons (Fsp3) is 0.533. The van der Waals surface area contributed by atoms with Gasteiger partial charge in [0.05, 0.1) is 18.9 Å². The first kappa shape index (κ1) is 18.1. The molecule has 0 spiro atoms. The predicted octanol–water partition coefficient (Wildman–Crippen LogP) is 1.61. The number of anilines is 1. The van der Waals surface area contributed by atoms with Gasteiger partial charge in [-0.1, -0.05) is 0 Å². The summed E-state index contributed by atoms with van der Waals surface area (Å²) < 4.78 is 10.2. The average Bonchev–Trinajstić information content (AvgIpc) is 2.39. The van der Waals surface area contributed by atoms with Gasteiger partial charge in [-0.25, -0.2) is 4.79 Å². The van der Waals surface area contributed by atoms with Crippen LogP contribution in [-0.4, -0.2) is 41.7 Å². The Bertz CT molecular complexity index is 525. The van der Waals surface area contributed by atoms with E-state index in [0.717, 1.165) is 0 Å². The number of phenolic OH excluding ortho intramolecular Hbond substituents is 1. The molecule has 0 aliphatic rings. The minimum Gasteiger partial charge on any atom is -0.503 e. The quantitative estimate of drug-likeness (QED) is 0.614. The Morgan fingerprint density at radius 1 is 1.41 bits per heavy atom. The van der Waals surface area contributed by atoms with Gasteiger partial charge in [0.1, 0.15) is 5.60 Å². The SMILES string of the molecule is COc1cc(CC(O)CN)cc(NC(=O)OC(C)(C)C)c1O. The van der Waals surface area contributed by atoms with Gasteiger partial charge in [0, 0.05) is 6.54 Å². The molecule has 0 fully saturated rings. The van der Waals surface area contributed by atoms with E-state index in [9.17, 15) is 15.0 Å². The number of rotatable bonds is 5. The Balaban J connectivity index is 3.01. The van der Waals surface area contributed by atoms with Crippen LogP contribution < -0.4 is 15.8 Å². The van der Waals surface area contributed by atoms with E-state index in [4.69, 9.17) is 15.2 Å². The average molecular weight is 312 g/mol. The fourth-order valence-corrected chi connectivity index (χ4v) is 1.80. The van der Waals surface area contributed by atoms with E-state index in [1.807, 2.05) is 0 Å². The van der Waals surface area contributed by atoms with E-state index in [0.29, 0.717) is 5.56 Å². The summed E-state index contributed by atoms with van der Waals surface area (Å²) in [7, 11) is 1.40. The molecule has 0 saturated carbocycles. The Morgan fingerprint density at radius 2 is 2.05 bits per heavy atom. The maximum absolute atomic E-state index is 11.8. The molecule has 124 valence electrons. The van der Waals surface area contributed by atoms with Gasteiger partial charge < -0.3 is 25.4 Å². The number of benzene rings is 1. The summed E-state index contributed by atoms with van der Waals surface area (Å²) in [6, 6.07) is 3.12. The van der Waals surface area contributed by atoms with Crippen molar-refractivity contribution in [1.82, 2.24) is 0 Å². The molecule has 0 aromatic heterocycles. The van der Waals surface area contributed by atoms with Crippen LogP contribution >= 0.6 is 0 Å². The van der Waals surface area contributed by atoms with Gasteiger partial charge >= 0.3 is 6.09 Å². The van der Waals surface area contributed by atoms with E-state index in [1.54, 1.807) is 32.9 Å². The van der Waals surface area contributed by atoms with E-state index in [1.165, 1.54) is 7.11 Å². The molecule has 1 amide bonds. The molecule has 0 bridgehead atoms. The van der Waals surface area contributed by atoms with Gasteiger partial charge in [-0.2, -0.15) is 0 Å². The highest BCUT2D eigenvalue weighted by Gasteiger charge is 2.19. The fourth-order valence-electron chi connectivity index (χ4n) is 1.80. The number of phenols is 1. The van der Waals surface area contributed by atoms with Crippen LogP contribution in [0, 0.1) is 0 Å². The van der Waals surface area contributed by atoms with Crippen LogP contribution in [0.5, 0.6) is 11.5 Å². The van der Waals surface area contributed by atoms with E-state index in [2.05, 4.69) is 5.32 Å². The number of carbonyl (C=O) groups excluding carboxylic acids is 1. The lowest BCUT2D eigenvalue weighted by molar-refractivity contribution is 0.0635. The third kappa shape index (κ3) is 5.42. The van der Waals surface area contributed by atoms with E-state index < -0.39 is 17.8 Å². The number of aliphatic hydroxyl groups excluding tert-OH is 1. The Hall–Kier alpha value is -1.99. The standard InChI is InChI=1S/C15H24N2O5/c1-15(2,3)22-14(20)17-11-6-9(5-10(18)8-16)7-12(21-4)13(11)19/h6-7,10,18-19H,5,8,16H2,1-4H3,(H,17,20). The second-order valence-electron chi connectivity index (χ2n) is 5.91. The number of amides is 1. The van der Waals surface area contributed by atoms with Crippen molar-refractivity contribution in [3.63, 3.8) is 0 Å². The van der Waals surface area contributed by atoms with Gasteiger partial charge in [0.25, 0.3) is 0 Å². The Morgan fingerprint density at radius 3 is 2.55 bits per heavy atom. The van der Waals surface area contributed by atoms with Crippen LogP contribution in [0.3, 0.4) is 0 Å². The molecule has 5 N–H and O–H groups in total. The van der Waals surface area contributed by atoms with Crippen molar-refractivity contribution in [2.24, 2.45) is 5.73 Å². The number of hydrogen-bond donors (Lipinski definition) is 4. The molecule has 0 radical (unpaired) electrons. The summed E-state index contributed by atoms with van der Waals surface area (Å²) >= 11 is 0. The highest BCUT2D eigenvalue weighted by Crippen LogP contribution is 2.36. The van der Waals surface area contributed by atoms with Crippen molar-refractivity contribution in [2.45, 2.75) is 38.9 Å². The molecule has 0 heterocycles. The zero-order valence-electron chi connectivity index (χ0n) is 13.3. The molecule has 0 aliphatic carbocycles. The van der Waals surface area contributed by atoms with Gasteiger partial charge in [0.15, 0.2) is 11.5 Å². The lowest BCUT2D eigenvalue weighted by atomic mass is 10.1. The number of ether oxygens (including phenoxy) is 2.